The summed E-state index contributed by atoms with van der Waals surface area (Å²) in [5.41, 5.74) is 2.41. The van der Waals surface area contributed by atoms with Crippen LogP contribution in [0.4, 0.5) is 0 Å². The molecule has 3 rings (SSSR count). The summed E-state index contributed by atoms with van der Waals surface area (Å²) in [6.45, 7) is 2.00. The van der Waals surface area contributed by atoms with Gasteiger partial charge >= 0.3 is 0 Å². The largest absolute Gasteiger partial charge is 0.313 e. The fraction of sp³-hybridized carbons (Fsp3) is 0.0526. The van der Waals surface area contributed by atoms with Crippen molar-refractivity contribution in [2.75, 3.05) is 0 Å². The topological polar surface area (TPSA) is 49.9 Å². The van der Waals surface area contributed by atoms with Gasteiger partial charge in [-0.3, -0.25) is 9.59 Å². The maximum Gasteiger partial charge on any atom is 0.266 e. The Labute approximate surface area is 147 Å². The number of Topliss-reactive ketones (excluding diaryl/α,β-unsaturated/α-hetero) is 1. The number of ketones is 1. The van der Waals surface area contributed by atoms with Gasteiger partial charge < -0.3 is 4.98 Å². The van der Waals surface area contributed by atoms with Crippen LogP contribution < -0.4 is 14.8 Å². The predicted molar refractivity (Wildman–Crippen MR) is 99.2 cm³/mol. The lowest BCUT2D eigenvalue weighted by atomic mass is 10.1. The van der Waals surface area contributed by atoms with E-state index in [1.165, 1.54) is 17.4 Å². The smallest absolute Gasteiger partial charge is 0.266 e. The lowest BCUT2D eigenvalue weighted by Crippen LogP contribution is -2.20. The van der Waals surface area contributed by atoms with Gasteiger partial charge in [0.1, 0.15) is 0 Å². The van der Waals surface area contributed by atoms with Crippen LogP contribution >= 0.6 is 22.9 Å². The van der Waals surface area contributed by atoms with Gasteiger partial charge in [0.15, 0.2) is 5.78 Å². The predicted octanol–water partition coefficient (Wildman–Crippen LogP) is 2.89. The molecule has 0 unspecified atom stereocenters. The Morgan fingerprint density at radius 2 is 1.92 bits per heavy atom. The number of benzene rings is 2. The van der Waals surface area contributed by atoms with Crippen molar-refractivity contribution in [2.45, 2.75) is 6.92 Å². The van der Waals surface area contributed by atoms with E-state index in [2.05, 4.69) is 4.98 Å². The van der Waals surface area contributed by atoms with E-state index in [9.17, 15) is 9.59 Å². The first kappa shape index (κ1) is 16.4. The molecule has 120 valence electrons. The minimum atomic E-state index is -0.198. The van der Waals surface area contributed by atoms with Crippen LogP contribution in [0.1, 0.15) is 21.5 Å². The lowest BCUT2D eigenvalue weighted by molar-refractivity contribution is 0.106. The van der Waals surface area contributed by atoms with Crippen LogP contribution in [0.25, 0.3) is 12.2 Å². The highest BCUT2D eigenvalue weighted by Crippen LogP contribution is 2.10. The minimum absolute atomic E-state index is 0.175. The fourth-order valence-electron chi connectivity index (χ4n) is 2.25. The molecule has 0 aliphatic rings. The molecule has 1 heterocycles. The second-order valence-electron chi connectivity index (χ2n) is 5.36. The summed E-state index contributed by atoms with van der Waals surface area (Å²) in [5.74, 6) is -0.175. The molecule has 3 nitrogen and oxygen atoms in total. The van der Waals surface area contributed by atoms with Gasteiger partial charge in [-0.15, -0.1) is 11.3 Å². The molecule has 1 N–H and O–H groups in total. The van der Waals surface area contributed by atoms with Crippen molar-refractivity contribution in [1.82, 2.24) is 4.98 Å². The number of rotatable bonds is 3. The zero-order valence-corrected chi connectivity index (χ0v) is 14.4. The SMILES string of the molecule is Cc1cccc(/C=c2\s/c(=C\C(=O)c3ccc(Cl)cc3)[nH]c2=O)c1. The van der Waals surface area contributed by atoms with Crippen molar-refractivity contribution >= 4 is 40.9 Å². The Morgan fingerprint density at radius 1 is 1.17 bits per heavy atom. The van der Waals surface area contributed by atoms with Gasteiger partial charge in [-0.25, -0.2) is 0 Å². The monoisotopic (exact) mass is 355 g/mol. The van der Waals surface area contributed by atoms with Crippen LogP contribution in [0.15, 0.2) is 53.3 Å². The van der Waals surface area contributed by atoms with Gasteiger partial charge in [0.05, 0.1) is 9.20 Å². The van der Waals surface area contributed by atoms with E-state index in [1.54, 1.807) is 24.3 Å². The Hall–Kier alpha value is -2.43. The third-order valence-electron chi connectivity index (χ3n) is 3.41. The Bertz CT molecular complexity index is 1060. The number of hydrogen-bond acceptors (Lipinski definition) is 3. The van der Waals surface area contributed by atoms with E-state index in [0.717, 1.165) is 11.1 Å². The first-order chi connectivity index (χ1) is 11.5. The zero-order valence-electron chi connectivity index (χ0n) is 12.9. The summed E-state index contributed by atoms with van der Waals surface area (Å²) in [6.07, 6.45) is 3.25. The second kappa shape index (κ2) is 6.99. The third-order valence-corrected chi connectivity index (χ3v) is 4.63. The van der Waals surface area contributed by atoms with Gasteiger partial charge in [-0.2, -0.15) is 0 Å². The summed E-state index contributed by atoms with van der Waals surface area (Å²) < 4.78 is 1.09. The molecular weight excluding hydrogens is 342 g/mol. The van der Waals surface area contributed by atoms with E-state index in [0.29, 0.717) is 19.8 Å². The fourth-order valence-corrected chi connectivity index (χ4v) is 3.26. The first-order valence-corrected chi connectivity index (χ1v) is 8.50. The number of halogens is 1. The molecule has 0 aliphatic carbocycles. The van der Waals surface area contributed by atoms with Crippen LogP contribution in [0.3, 0.4) is 0 Å². The molecule has 0 radical (unpaired) electrons. The van der Waals surface area contributed by atoms with Gasteiger partial charge in [-0.05, 0) is 42.8 Å². The standard InChI is InChI=1S/C19H14ClNO2S/c1-12-3-2-4-13(9-12)10-17-19(23)21-18(24-17)11-16(22)14-5-7-15(20)8-6-14/h2-11H,1H3,(H,21,23)/b17-10-,18-11-. The Morgan fingerprint density at radius 3 is 2.62 bits per heavy atom. The maximum absolute atomic E-state index is 12.2. The minimum Gasteiger partial charge on any atom is -0.313 e. The molecule has 0 bridgehead atoms. The van der Waals surface area contributed by atoms with Gasteiger partial charge in [-0.1, -0.05) is 41.4 Å². The van der Waals surface area contributed by atoms with Crippen LogP contribution in [-0.4, -0.2) is 10.8 Å². The van der Waals surface area contributed by atoms with Crippen molar-refractivity contribution < 1.29 is 4.79 Å². The third kappa shape index (κ3) is 3.91. The molecule has 0 saturated carbocycles. The van der Waals surface area contributed by atoms with Gasteiger partial charge in [0.25, 0.3) is 5.56 Å². The molecule has 24 heavy (non-hydrogen) atoms. The molecule has 0 amide bonds. The summed E-state index contributed by atoms with van der Waals surface area (Å²) in [4.78, 5) is 27.0. The van der Waals surface area contributed by atoms with Crippen molar-refractivity contribution in [2.24, 2.45) is 0 Å². The van der Waals surface area contributed by atoms with Crippen LogP contribution in [0.5, 0.6) is 0 Å². The highest BCUT2D eigenvalue weighted by molar-refractivity contribution is 7.07. The molecule has 3 aromatic rings. The van der Waals surface area contributed by atoms with Gasteiger partial charge in [0, 0.05) is 16.7 Å². The van der Waals surface area contributed by atoms with E-state index in [1.807, 2.05) is 37.3 Å². The Kier molecular flexibility index (Phi) is 4.79. The second-order valence-corrected chi connectivity index (χ2v) is 6.88. The van der Waals surface area contributed by atoms with Crippen LogP contribution in [0, 0.1) is 6.92 Å². The molecule has 0 fully saturated rings. The summed E-state index contributed by atoms with van der Waals surface area (Å²) >= 11 is 7.08. The zero-order chi connectivity index (χ0) is 17.1. The summed E-state index contributed by atoms with van der Waals surface area (Å²) in [6, 6.07) is 14.5. The first-order valence-electron chi connectivity index (χ1n) is 7.30. The maximum atomic E-state index is 12.2. The molecule has 5 heteroatoms. The van der Waals surface area contributed by atoms with E-state index >= 15 is 0 Å². The van der Waals surface area contributed by atoms with E-state index in [4.69, 9.17) is 11.6 Å². The molecule has 0 atom stereocenters. The van der Waals surface area contributed by atoms with Gasteiger partial charge in [0.2, 0.25) is 0 Å². The Balaban J connectivity index is 1.98. The number of H-pyrrole nitrogens is 1. The number of nitrogens with one attached hydrogen (secondary N) is 1. The number of hydrogen-bond donors (Lipinski definition) is 1. The number of aromatic nitrogens is 1. The van der Waals surface area contributed by atoms with Crippen molar-refractivity contribution in [3.8, 4) is 0 Å². The number of carbonyl (C=O) groups is 1. The number of thiazole rings is 1. The molecular formula is C19H14ClNO2S. The van der Waals surface area contributed by atoms with Crippen LogP contribution in [0.2, 0.25) is 5.02 Å². The van der Waals surface area contributed by atoms with Crippen LogP contribution in [-0.2, 0) is 0 Å². The average molecular weight is 356 g/mol. The molecule has 0 aliphatic heterocycles. The van der Waals surface area contributed by atoms with Crippen molar-refractivity contribution in [1.29, 1.82) is 0 Å². The van der Waals surface area contributed by atoms with E-state index in [-0.39, 0.29) is 11.3 Å². The van der Waals surface area contributed by atoms with Crippen molar-refractivity contribution in [3.05, 3.63) is 89.8 Å². The quantitative estimate of drug-likeness (QED) is 0.734. The number of carbonyl (C=O) groups excluding carboxylic acids is 1. The van der Waals surface area contributed by atoms with Crippen molar-refractivity contribution in [3.63, 3.8) is 0 Å². The van der Waals surface area contributed by atoms with E-state index < -0.39 is 0 Å². The highest BCUT2D eigenvalue weighted by atomic mass is 35.5. The summed E-state index contributed by atoms with van der Waals surface area (Å²) in [5, 5.41) is 0.575. The molecule has 0 spiro atoms. The molecule has 1 aromatic heterocycles. The highest BCUT2D eigenvalue weighted by Gasteiger charge is 2.03. The number of aromatic amines is 1. The summed E-state index contributed by atoms with van der Waals surface area (Å²) in [7, 11) is 0. The lowest BCUT2D eigenvalue weighted by Gasteiger charge is -1.94. The average Bonchev–Trinajstić information content (AvgIpc) is 2.87. The number of aryl methyl sites for hydroxylation is 1. The normalized spacial score (nSPS) is 12.6. The molecule has 2 aromatic carbocycles. The molecule has 0 saturated heterocycles.